The minimum atomic E-state index is 0.0542. The van der Waals surface area contributed by atoms with Gasteiger partial charge < -0.3 is 15.2 Å². The van der Waals surface area contributed by atoms with Gasteiger partial charge in [-0.05, 0) is 31.8 Å². The average molecular weight is 224 g/mol. The molecule has 1 aromatic rings. The smallest absolute Gasteiger partial charge is 0.220 e. The van der Waals surface area contributed by atoms with Gasteiger partial charge in [0, 0.05) is 6.42 Å². The molecular weight excluding hydrogens is 208 g/mol. The first-order valence-corrected chi connectivity index (χ1v) is 5.57. The van der Waals surface area contributed by atoms with Crippen molar-refractivity contribution in [3.63, 3.8) is 0 Å². The van der Waals surface area contributed by atoms with Gasteiger partial charge in [0.2, 0.25) is 12.3 Å². The van der Waals surface area contributed by atoms with E-state index in [1.165, 1.54) is 6.39 Å². The van der Waals surface area contributed by atoms with Crippen LogP contribution in [-0.4, -0.2) is 29.1 Å². The molecule has 88 valence electrons. The van der Waals surface area contributed by atoms with Crippen molar-refractivity contribution >= 4 is 5.91 Å². The summed E-state index contributed by atoms with van der Waals surface area (Å²) in [7, 11) is 0. The Kier molecular flexibility index (Phi) is 3.87. The van der Waals surface area contributed by atoms with Crippen molar-refractivity contribution < 1.29 is 9.32 Å². The molecule has 0 spiro atoms. The van der Waals surface area contributed by atoms with Crippen molar-refractivity contribution in [2.24, 2.45) is 5.92 Å². The lowest BCUT2D eigenvalue weighted by atomic mass is 9.96. The molecule has 0 saturated carbocycles. The van der Waals surface area contributed by atoms with Crippen molar-refractivity contribution in [2.75, 3.05) is 13.1 Å². The van der Waals surface area contributed by atoms with E-state index in [2.05, 4.69) is 25.3 Å². The van der Waals surface area contributed by atoms with Crippen LogP contribution < -0.4 is 10.6 Å². The third-order valence-electron chi connectivity index (χ3n) is 2.72. The molecule has 0 radical (unpaired) electrons. The van der Waals surface area contributed by atoms with Crippen LogP contribution in [0.3, 0.4) is 0 Å². The topological polar surface area (TPSA) is 80.0 Å². The van der Waals surface area contributed by atoms with Crippen molar-refractivity contribution in [3.8, 4) is 0 Å². The minimum Gasteiger partial charge on any atom is -0.349 e. The number of carbonyl (C=O) groups excluding carboxylic acids is 1. The second-order valence-electron chi connectivity index (χ2n) is 4.04. The first kappa shape index (κ1) is 11.1. The Labute approximate surface area is 93.8 Å². The number of rotatable bonds is 4. The molecule has 1 saturated heterocycles. The Morgan fingerprint density at radius 1 is 1.69 bits per heavy atom. The molecule has 2 rings (SSSR count). The molecule has 1 aliphatic rings. The quantitative estimate of drug-likeness (QED) is 0.756. The maximum atomic E-state index is 11.6. The Bertz CT molecular complexity index is 320. The summed E-state index contributed by atoms with van der Waals surface area (Å²) < 4.78 is 4.57. The summed E-state index contributed by atoms with van der Waals surface area (Å²) in [5.74, 6) is 1.02. The standard InChI is InChI=1S/C10H16N4O2/c15-10(4-8-2-1-3-11-5-8)12-6-9-13-7-16-14-9/h7-8,11H,1-6H2,(H,12,15). The molecule has 6 nitrogen and oxygen atoms in total. The highest BCUT2D eigenvalue weighted by atomic mass is 16.5. The third-order valence-corrected chi connectivity index (χ3v) is 2.72. The Morgan fingerprint density at radius 2 is 2.62 bits per heavy atom. The summed E-state index contributed by atoms with van der Waals surface area (Å²) in [4.78, 5) is 15.4. The van der Waals surface area contributed by atoms with E-state index >= 15 is 0 Å². The highest BCUT2D eigenvalue weighted by Crippen LogP contribution is 2.13. The number of nitrogens with zero attached hydrogens (tertiary/aromatic N) is 2. The monoisotopic (exact) mass is 224 g/mol. The summed E-state index contributed by atoms with van der Waals surface area (Å²) in [6.45, 7) is 2.35. The van der Waals surface area contributed by atoms with Gasteiger partial charge >= 0.3 is 0 Å². The van der Waals surface area contributed by atoms with Gasteiger partial charge in [-0.15, -0.1) is 0 Å². The fourth-order valence-corrected chi connectivity index (χ4v) is 1.88. The Morgan fingerprint density at radius 3 is 3.31 bits per heavy atom. The van der Waals surface area contributed by atoms with Crippen molar-refractivity contribution in [1.82, 2.24) is 20.8 Å². The second kappa shape index (κ2) is 5.60. The number of amides is 1. The van der Waals surface area contributed by atoms with Gasteiger partial charge in [-0.1, -0.05) is 5.16 Å². The normalized spacial score (nSPS) is 20.6. The van der Waals surface area contributed by atoms with Crippen molar-refractivity contribution in [3.05, 3.63) is 12.2 Å². The van der Waals surface area contributed by atoms with Crippen molar-refractivity contribution in [1.29, 1.82) is 0 Å². The number of hydrogen-bond donors (Lipinski definition) is 2. The van der Waals surface area contributed by atoms with Gasteiger partial charge in [0.1, 0.15) is 0 Å². The number of carbonyl (C=O) groups is 1. The molecule has 1 unspecified atom stereocenters. The molecule has 1 fully saturated rings. The molecule has 16 heavy (non-hydrogen) atoms. The lowest BCUT2D eigenvalue weighted by Crippen LogP contribution is -2.34. The van der Waals surface area contributed by atoms with Gasteiger partial charge in [0.15, 0.2) is 5.82 Å². The summed E-state index contributed by atoms with van der Waals surface area (Å²) in [5.41, 5.74) is 0. The van der Waals surface area contributed by atoms with Gasteiger partial charge in [-0.3, -0.25) is 4.79 Å². The number of piperidine rings is 1. The Balaban J connectivity index is 1.67. The third kappa shape index (κ3) is 3.30. The molecule has 0 aliphatic carbocycles. The molecule has 1 aromatic heterocycles. The molecule has 1 atom stereocenters. The highest BCUT2D eigenvalue weighted by molar-refractivity contribution is 5.76. The van der Waals surface area contributed by atoms with Crippen LogP contribution in [0.2, 0.25) is 0 Å². The van der Waals surface area contributed by atoms with Crippen LogP contribution in [0, 0.1) is 5.92 Å². The van der Waals surface area contributed by atoms with E-state index in [-0.39, 0.29) is 5.91 Å². The second-order valence-corrected chi connectivity index (χ2v) is 4.04. The zero-order valence-electron chi connectivity index (χ0n) is 9.11. The van der Waals surface area contributed by atoms with E-state index in [0.717, 1.165) is 25.9 Å². The number of hydrogen-bond acceptors (Lipinski definition) is 5. The van der Waals surface area contributed by atoms with E-state index in [0.29, 0.717) is 24.7 Å². The van der Waals surface area contributed by atoms with Crippen LogP contribution in [0.4, 0.5) is 0 Å². The number of aromatic nitrogens is 2. The molecule has 0 bridgehead atoms. The highest BCUT2D eigenvalue weighted by Gasteiger charge is 2.16. The van der Waals surface area contributed by atoms with E-state index < -0.39 is 0 Å². The fourth-order valence-electron chi connectivity index (χ4n) is 1.88. The summed E-state index contributed by atoms with van der Waals surface area (Å²) in [5, 5.41) is 9.69. The lowest BCUT2D eigenvalue weighted by molar-refractivity contribution is -0.122. The van der Waals surface area contributed by atoms with Crippen LogP contribution in [0.1, 0.15) is 25.1 Å². The van der Waals surface area contributed by atoms with E-state index in [9.17, 15) is 4.79 Å². The molecule has 6 heteroatoms. The van der Waals surface area contributed by atoms with Crippen LogP contribution in [0.25, 0.3) is 0 Å². The molecular formula is C10H16N4O2. The van der Waals surface area contributed by atoms with Gasteiger partial charge in [0.05, 0.1) is 6.54 Å². The predicted octanol–water partition coefficient (Wildman–Crippen LogP) is 0.0755. The lowest BCUT2D eigenvalue weighted by Gasteiger charge is -2.21. The molecule has 1 aliphatic heterocycles. The predicted molar refractivity (Wildman–Crippen MR) is 56.4 cm³/mol. The van der Waals surface area contributed by atoms with Gasteiger partial charge in [-0.25, -0.2) is 0 Å². The molecule has 2 N–H and O–H groups in total. The molecule has 0 aromatic carbocycles. The SMILES string of the molecule is O=C(CC1CCCNC1)NCc1ncon1. The van der Waals surface area contributed by atoms with Crippen molar-refractivity contribution in [2.45, 2.75) is 25.8 Å². The first-order valence-electron chi connectivity index (χ1n) is 5.57. The average Bonchev–Trinajstić information content (AvgIpc) is 2.81. The molecule has 2 heterocycles. The summed E-state index contributed by atoms with van der Waals surface area (Å²) in [6, 6.07) is 0. The van der Waals surface area contributed by atoms with Gasteiger partial charge in [0.25, 0.3) is 0 Å². The maximum Gasteiger partial charge on any atom is 0.220 e. The maximum absolute atomic E-state index is 11.6. The van der Waals surface area contributed by atoms with Crippen LogP contribution in [0.15, 0.2) is 10.9 Å². The largest absolute Gasteiger partial charge is 0.349 e. The summed E-state index contributed by atoms with van der Waals surface area (Å²) in [6.07, 6.45) is 4.11. The Hall–Kier alpha value is -1.43. The fraction of sp³-hybridized carbons (Fsp3) is 0.700. The zero-order chi connectivity index (χ0) is 11.2. The molecule has 1 amide bonds. The number of nitrogens with one attached hydrogen (secondary N) is 2. The summed E-state index contributed by atoms with van der Waals surface area (Å²) >= 11 is 0. The van der Waals surface area contributed by atoms with Crippen LogP contribution in [-0.2, 0) is 11.3 Å². The van der Waals surface area contributed by atoms with Gasteiger partial charge in [-0.2, -0.15) is 4.98 Å². The van der Waals surface area contributed by atoms with E-state index in [1.54, 1.807) is 0 Å². The first-order chi connectivity index (χ1) is 7.84. The zero-order valence-corrected chi connectivity index (χ0v) is 9.11. The van der Waals surface area contributed by atoms with Crippen LogP contribution >= 0.6 is 0 Å². The van der Waals surface area contributed by atoms with E-state index in [1.807, 2.05) is 0 Å². The van der Waals surface area contributed by atoms with E-state index in [4.69, 9.17) is 0 Å². The minimum absolute atomic E-state index is 0.0542. The van der Waals surface area contributed by atoms with Crippen LogP contribution in [0.5, 0.6) is 0 Å².